The summed E-state index contributed by atoms with van der Waals surface area (Å²) in [5.41, 5.74) is 0.569. The van der Waals surface area contributed by atoms with Crippen LogP contribution in [-0.4, -0.2) is 27.0 Å². The van der Waals surface area contributed by atoms with Crippen molar-refractivity contribution in [1.82, 2.24) is 9.78 Å². The summed E-state index contributed by atoms with van der Waals surface area (Å²) in [6.45, 7) is 0.149. The summed E-state index contributed by atoms with van der Waals surface area (Å²) in [6, 6.07) is 4.43. The zero-order valence-corrected chi connectivity index (χ0v) is 9.81. The van der Waals surface area contributed by atoms with E-state index in [4.69, 9.17) is 5.11 Å². The van der Waals surface area contributed by atoms with Crippen LogP contribution in [-0.2, 0) is 6.54 Å². The third-order valence-electron chi connectivity index (χ3n) is 2.65. The Hall–Kier alpha value is -2.05. The maximum Gasteiger partial charge on any atom is 0.389 e. The van der Waals surface area contributed by atoms with Crippen molar-refractivity contribution in [3.63, 3.8) is 0 Å². The van der Waals surface area contributed by atoms with Gasteiger partial charge in [0, 0.05) is 24.5 Å². The minimum atomic E-state index is -4.16. The van der Waals surface area contributed by atoms with Gasteiger partial charge in [-0.3, -0.25) is 4.68 Å². The lowest BCUT2D eigenvalue weighted by Crippen LogP contribution is -2.09. The van der Waals surface area contributed by atoms with Crippen LogP contribution >= 0.6 is 0 Å². The van der Waals surface area contributed by atoms with E-state index in [0.717, 1.165) is 0 Å². The van der Waals surface area contributed by atoms with E-state index in [2.05, 4.69) is 5.10 Å². The van der Waals surface area contributed by atoms with Gasteiger partial charge >= 0.3 is 12.1 Å². The molecule has 0 atom stereocenters. The first-order chi connectivity index (χ1) is 8.85. The van der Waals surface area contributed by atoms with Crippen molar-refractivity contribution in [2.45, 2.75) is 25.6 Å². The summed E-state index contributed by atoms with van der Waals surface area (Å²) in [7, 11) is 0. The highest BCUT2D eigenvalue weighted by atomic mass is 19.4. The number of hydrogen-bond donors (Lipinski definition) is 1. The molecule has 19 heavy (non-hydrogen) atoms. The molecule has 0 amide bonds. The van der Waals surface area contributed by atoms with Crippen LogP contribution in [0.5, 0.6) is 0 Å². The smallest absolute Gasteiger partial charge is 0.389 e. The van der Waals surface area contributed by atoms with Crippen LogP contribution in [0.1, 0.15) is 23.2 Å². The summed E-state index contributed by atoms with van der Waals surface area (Å²) in [5.74, 6) is -1.06. The monoisotopic (exact) mass is 272 g/mol. The number of rotatable bonds is 4. The largest absolute Gasteiger partial charge is 0.478 e. The van der Waals surface area contributed by atoms with Gasteiger partial charge < -0.3 is 5.11 Å². The number of carboxylic acid groups (broad SMARTS) is 1. The lowest BCUT2D eigenvalue weighted by atomic mass is 10.2. The van der Waals surface area contributed by atoms with Gasteiger partial charge in [-0.1, -0.05) is 6.07 Å². The van der Waals surface area contributed by atoms with E-state index < -0.39 is 18.6 Å². The lowest BCUT2D eigenvalue weighted by Gasteiger charge is -2.05. The predicted octanol–water partition coefficient (Wildman–Crippen LogP) is 3.08. The highest BCUT2D eigenvalue weighted by molar-refractivity contribution is 5.92. The number of aryl methyl sites for hydroxylation is 1. The third kappa shape index (κ3) is 3.46. The van der Waals surface area contributed by atoms with Crippen molar-refractivity contribution in [2.75, 3.05) is 0 Å². The molecular formula is C12H11F3N2O2. The van der Waals surface area contributed by atoms with Gasteiger partial charge in [0.05, 0.1) is 11.1 Å². The van der Waals surface area contributed by atoms with E-state index in [1.54, 1.807) is 12.3 Å². The Bertz CT molecular complexity index is 605. The SMILES string of the molecule is O=C(O)c1ccc2cn(CCCC(F)(F)F)nc2c1. The fraction of sp³-hybridized carbons (Fsp3) is 0.333. The second kappa shape index (κ2) is 4.91. The number of alkyl halides is 3. The molecule has 0 saturated heterocycles. The molecule has 1 heterocycles. The van der Waals surface area contributed by atoms with Crippen molar-refractivity contribution in [1.29, 1.82) is 0 Å². The molecule has 1 aromatic heterocycles. The third-order valence-corrected chi connectivity index (χ3v) is 2.65. The predicted molar refractivity (Wildman–Crippen MR) is 62.0 cm³/mol. The number of carboxylic acids is 1. The Morgan fingerprint density at radius 2 is 2.11 bits per heavy atom. The van der Waals surface area contributed by atoms with Gasteiger partial charge in [-0.25, -0.2) is 4.79 Å². The van der Waals surface area contributed by atoms with Crippen LogP contribution in [0.4, 0.5) is 13.2 Å². The first kappa shape index (κ1) is 13.4. The number of carbonyl (C=O) groups is 1. The Morgan fingerprint density at radius 3 is 2.74 bits per heavy atom. The summed E-state index contributed by atoms with van der Waals surface area (Å²) in [4.78, 5) is 10.8. The van der Waals surface area contributed by atoms with Crippen LogP contribution in [0.2, 0.25) is 0 Å². The molecule has 102 valence electrons. The highest BCUT2D eigenvalue weighted by Gasteiger charge is 2.26. The number of nitrogens with zero attached hydrogens (tertiary/aromatic N) is 2. The minimum absolute atomic E-state index is 0.0523. The quantitative estimate of drug-likeness (QED) is 0.930. The van der Waals surface area contributed by atoms with Crippen molar-refractivity contribution in [3.05, 3.63) is 30.0 Å². The number of benzene rings is 1. The van der Waals surface area contributed by atoms with Crippen LogP contribution < -0.4 is 0 Å². The first-order valence-corrected chi connectivity index (χ1v) is 5.62. The normalized spacial score (nSPS) is 11.9. The number of hydrogen-bond acceptors (Lipinski definition) is 2. The molecule has 2 rings (SSSR count). The maximum atomic E-state index is 12.0. The lowest BCUT2D eigenvalue weighted by molar-refractivity contribution is -0.136. The second-order valence-electron chi connectivity index (χ2n) is 4.19. The van der Waals surface area contributed by atoms with E-state index in [-0.39, 0.29) is 18.5 Å². The summed E-state index contributed by atoms with van der Waals surface area (Å²) in [5, 5.41) is 13.6. The van der Waals surface area contributed by atoms with Gasteiger partial charge in [-0.05, 0) is 18.6 Å². The maximum absolute atomic E-state index is 12.0. The molecule has 0 fully saturated rings. The van der Waals surface area contributed by atoms with Crippen molar-refractivity contribution < 1.29 is 23.1 Å². The first-order valence-electron chi connectivity index (χ1n) is 5.62. The minimum Gasteiger partial charge on any atom is -0.478 e. The van der Waals surface area contributed by atoms with Gasteiger partial charge in [0.25, 0.3) is 0 Å². The van der Waals surface area contributed by atoms with Crippen LogP contribution in [0, 0.1) is 0 Å². The van der Waals surface area contributed by atoms with Gasteiger partial charge in [-0.2, -0.15) is 18.3 Å². The van der Waals surface area contributed by atoms with Crippen molar-refractivity contribution in [2.24, 2.45) is 0 Å². The average Bonchev–Trinajstić information content (AvgIpc) is 2.68. The van der Waals surface area contributed by atoms with Gasteiger partial charge in [-0.15, -0.1) is 0 Å². The molecule has 0 radical (unpaired) electrons. The standard InChI is InChI=1S/C12H11F3N2O2/c13-12(14,15)4-1-5-17-7-9-3-2-8(11(18)19)6-10(9)16-17/h2-3,6-7H,1,4-5H2,(H,18,19). The van der Waals surface area contributed by atoms with Crippen molar-refractivity contribution >= 4 is 16.9 Å². The Morgan fingerprint density at radius 1 is 1.37 bits per heavy atom. The zero-order valence-electron chi connectivity index (χ0n) is 9.81. The molecule has 2 aromatic rings. The molecule has 4 nitrogen and oxygen atoms in total. The topological polar surface area (TPSA) is 55.1 Å². The number of aromatic nitrogens is 2. The molecule has 7 heteroatoms. The number of aromatic carboxylic acids is 1. The molecule has 0 aliphatic rings. The summed E-state index contributed by atoms with van der Waals surface area (Å²) >= 11 is 0. The van der Waals surface area contributed by atoms with Crippen LogP contribution in [0.25, 0.3) is 10.9 Å². The van der Waals surface area contributed by atoms with E-state index in [0.29, 0.717) is 10.9 Å². The highest BCUT2D eigenvalue weighted by Crippen LogP contribution is 2.22. The van der Waals surface area contributed by atoms with Crippen LogP contribution in [0.3, 0.4) is 0 Å². The molecule has 1 N–H and O–H groups in total. The molecule has 0 aliphatic carbocycles. The Balaban J connectivity index is 2.11. The number of fused-ring (bicyclic) bond motifs is 1. The van der Waals surface area contributed by atoms with Gasteiger partial charge in [0.15, 0.2) is 0 Å². The molecule has 1 aromatic carbocycles. The fourth-order valence-corrected chi connectivity index (χ4v) is 1.76. The summed E-state index contributed by atoms with van der Waals surface area (Å²) < 4.78 is 37.4. The zero-order chi connectivity index (χ0) is 14.0. The van der Waals surface area contributed by atoms with E-state index in [1.165, 1.54) is 16.8 Å². The molecule has 0 saturated carbocycles. The van der Waals surface area contributed by atoms with Crippen molar-refractivity contribution in [3.8, 4) is 0 Å². The second-order valence-corrected chi connectivity index (χ2v) is 4.19. The molecule has 0 unspecified atom stereocenters. The summed E-state index contributed by atoms with van der Waals surface area (Å²) in [6.07, 6.45) is -3.47. The average molecular weight is 272 g/mol. The molecule has 0 spiro atoms. The Labute approximate surface area is 106 Å². The Kier molecular flexibility index (Phi) is 3.46. The number of halogens is 3. The fourth-order valence-electron chi connectivity index (χ4n) is 1.76. The van der Waals surface area contributed by atoms with Gasteiger partial charge in [0.1, 0.15) is 0 Å². The molecular weight excluding hydrogens is 261 g/mol. The van der Waals surface area contributed by atoms with Gasteiger partial charge in [0.2, 0.25) is 0 Å². The van der Waals surface area contributed by atoms with E-state index in [1.807, 2.05) is 0 Å². The molecule has 0 bridgehead atoms. The van der Waals surface area contributed by atoms with E-state index >= 15 is 0 Å². The van der Waals surface area contributed by atoms with Crippen LogP contribution in [0.15, 0.2) is 24.4 Å². The van der Waals surface area contributed by atoms with E-state index in [9.17, 15) is 18.0 Å². The molecule has 0 aliphatic heterocycles.